The van der Waals surface area contributed by atoms with Crippen LogP contribution in [0.1, 0.15) is 110 Å². The summed E-state index contributed by atoms with van der Waals surface area (Å²) in [7, 11) is 0. The molecule has 1 N–H and O–H groups in total. The third kappa shape index (κ3) is 14.0. The molecule has 0 aromatic carbocycles. The zero-order valence-corrected chi connectivity index (χ0v) is 17.4. The summed E-state index contributed by atoms with van der Waals surface area (Å²) < 4.78 is 0. The van der Waals surface area contributed by atoms with Crippen LogP contribution in [0, 0.1) is 11.3 Å². The summed E-state index contributed by atoms with van der Waals surface area (Å²) >= 11 is 4.83. The Balaban J connectivity index is 3.47. The minimum Gasteiger partial charge on any atom is -0.477 e. The predicted octanol–water partition coefficient (Wildman–Crippen LogP) is 7.15. The van der Waals surface area contributed by atoms with Gasteiger partial charge in [0, 0.05) is 0 Å². The van der Waals surface area contributed by atoms with Gasteiger partial charge < -0.3 is 5.11 Å². The Morgan fingerprint density at radius 2 is 1.31 bits per heavy atom. The van der Waals surface area contributed by atoms with Crippen LogP contribution in [0.2, 0.25) is 0 Å². The van der Waals surface area contributed by atoms with Crippen molar-refractivity contribution in [2.75, 3.05) is 0 Å². The molecule has 0 fully saturated rings. The third-order valence-corrected chi connectivity index (χ3v) is 5.14. The first kappa shape index (κ1) is 24.8. The van der Waals surface area contributed by atoms with Crippen LogP contribution in [0.15, 0.2) is 11.1 Å². The maximum absolute atomic E-state index is 11.0. The SMILES string of the molecule is CCC(CCCCCCCCCCCCCCCC=S)=C(C#N)C(=O)O. The predicted molar refractivity (Wildman–Crippen MR) is 113 cm³/mol. The van der Waals surface area contributed by atoms with Crippen LogP contribution in [0.25, 0.3) is 0 Å². The number of carboxylic acids is 1. The quantitative estimate of drug-likeness (QED) is 0.119. The van der Waals surface area contributed by atoms with E-state index >= 15 is 0 Å². The van der Waals surface area contributed by atoms with Crippen molar-refractivity contribution in [2.45, 2.75) is 110 Å². The fourth-order valence-corrected chi connectivity index (χ4v) is 3.43. The van der Waals surface area contributed by atoms with Gasteiger partial charge in [0.2, 0.25) is 0 Å². The second kappa shape index (κ2) is 18.6. The molecule has 0 saturated carbocycles. The first-order valence-electron chi connectivity index (χ1n) is 10.5. The summed E-state index contributed by atoms with van der Waals surface area (Å²) in [6.45, 7) is 1.93. The highest BCUT2D eigenvalue weighted by atomic mass is 32.1. The first-order valence-corrected chi connectivity index (χ1v) is 10.9. The highest BCUT2D eigenvalue weighted by Crippen LogP contribution is 2.18. The van der Waals surface area contributed by atoms with E-state index in [2.05, 4.69) is 0 Å². The van der Waals surface area contributed by atoms with Gasteiger partial charge in [0.05, 0.1) is 0 Å². The molecule has 0 aliphatic rings. The minimum absolute atomic E-state index is 0.0498. The van der Waals surface area contributed by atoms with E-state index in [9.17, 15) is 4.79 Å². The lowest BCUT2D eigenvalue weighted by Gasteiger charge is -2.06. The van der Waals surface area contributed by atoms with Crippen LogP contribution >= 0.6 is 12.2 Å². The third-order valence-electron chi connectivity index (χ3n) is 4.91. The number of nitriles is 1. The number of carbonyl (C=O) groups is 1. The van der Waals surface area contributed by atoms with E-state index in [0.29, 0.717) is 6.42 Å². The molecule has 0 unspecified atom stereocenters. The summed E-state index contributed by atoms with van der Waals surface area (Å²) in [6, 6.07) is 1.83. The Morgan fingerprint density at radius 3 is 1.65 bits per heavy atom. The summed E-state index contributed by atoms with van der Waals surface area (Å²) in [6.07, 6.45) is 19.1. The van der Waals surface area contributed by atoms with E-state index in [1.54, 1.807) is 0 Å². The Bertz CT molecular complexity index is 452. The monoisotopic (exact) mass is 379 g/mol. The molecule has 148 valence electrons. The number of allylic oxidation sites excluding steroid dienone is 1. The lowest BCUT2D eigenvalue weighted by molar-refractivity contribution is -0.132. The van der Waals surface area contributed by atoms with Crippen LogP contribution in [-0.4, -0.2) is 16.4 Å². The van der Waals surface area contributed by atoms with Gasteiger partial charge in [-0.2, -0.15) is 5.26 Å². The van der Waals surface area contributed by atoms with Crippen molar-refractivity contribution in [1.29, 1.82) is 5.26 Å². The van der Waals surface area contributed by atoms with E-state index in [1.165, 1.54) is 70.6 Å². The van der Waals surface area contributed by atoms with Crippen molar-refractivity contribution in [3.63, 3.8) is 0 Å². The number of rotatable bonds is 18. The molecule has 0 aliphatic carbocycles. The lowest BCUT2D eigenvalue weighted by Crippen LogP contribution is -2.02. The van der Waals surface area contributed by atoms with Gasteiger partial charge >= 0.3 is 5.97 Å². The highest BCUT2D eigenvalue weighted by molar-refractivity contribution is 7.78. The fraction of sp³-hybridized carbons (Fsp3) is 0.773. The molecule has 0 spiro atoms. The van der Waals surface area contributed by atoms with Gasteiger partial charge in [0.1, 0.15) is 11.6 Å². The Kier molecular flexibility index (Phi) is 17.7. The smallest absolute Gasteiger partial charge is 0.346 e. The fourth-order valence-electron chi connectivity index (χ4n) is 3.27. The Morgan fingerprint density at radius 1 is 0.885 bits per heavy atom. The summed E-state index contributed by atoms with van der Waals surface area (Å²) in [5.41, 5.74) is 0.744. The number of nitrogens with zero attached hydrogens (tertiary/aromatic N) is 1. The largest absolute Gasteiger partial charge is 0.477 e. The van der Waals surface area contributed by atoms with Gasteiger partial charge in [-0.15, -0.1) is 0 Å². The molecular formula is C22H37NO2S. The first-order chi connectivity index (χ1) is 12.7. The molecule has 0 amide bonds. The van der Waals surface area contributed by atoms with Crippen LogP contribution < -0.4 is 0 Å². The maximum atomic E-state index is 11.0. The van der Waals surface area contributed by atoms with E-state index in [-0.39, 0.29) is 5.57 Å². The average molecular weight is 380 g/mol. The molecule has 0 aliphatic heterocycles. The zero-order valence-electron chi connectivity index (χ0n) is 16.6. The molecule has 26 heavy (non-hydrogen) atoms. The number of hydrogen-bond donors (Lipinski definition) is 1. The molecule has 0 aromatic heterocycles. The van der Waals surface area contributed by atoms with Crippen molar-refractivity contribution >= 4 is 23.6 Å². The Labute approximate surface area is 165 Å². The lowest BCUT2D eigenvalue weighted by atomic mass is 9.99. The normalized spacial score (nSPS) is 11.7. The molecule has 0 atom stereocenters. The maximum Gasteiger partial charge on any atom is 0.346 e. The van der Waals surface area contributed by atoms with Gasteiger partial charge in [-0.05, 0) is 43.0 Å². The topological polar surface area (TPSA) is 61.1 Å². The summed E-state index contributed by atoms with van der Waals surface area (Å²) in [4.78, 5) is 11.0. The molecule has 0 bridgehead atoms. The molecule has 0 saturated heterocycles. The van der Waals surface area contributed by atoms with Crippen LogP contribution in [0.3, 0.4) is 0 Å². The van der Waals surface area contributed by atoms with E-state index in [0.717, 1.165) is 31.3 Å². The molecule has 3 nitrogen and oxygen atoms in total. The van der Waals surface area contributed by atoms with Gasteiger partial charge in [-0.25, -0.2) is 4.79 Å². The highest BCUT2D eigenvalue weighted by Gasteiger charge is 2.12. The van der Waals surface area contributed by atoms with Crippen molar-refractivity contribution in [1.82, 2.24) is 0 Å². The number of hydrogen-bond acceptors (Lipinski definition) is 3. The number of thiocarbonyl (C=S) groups is 1. The number of aliphatic carboxylic acids is 1. The molecule has 0 rings (SSSR count). The summed E-state index contributed by atoms with van der Waals surface area (Å²) in [5, 5.41) is 19.8. The average Bonchev–Trinajstić information content (AvgIpc) is 2.63. The molecule has 0 heterocycles. The van der Waals surface area contributed by atoms with Crippen LogP contribution in [0.4, 0.5) is 0 Å². The van der Waals surface area contributed by atoms with E-state index < -0.39 is 5.97 Å². The molecule has 0 aromatic rings. The second-order valence-corrected chi connectivity index (χ2v) is 7.38. The molecule has 4 heteroatoms. The summed E-state index contributed by atoms with van der Waals surface area (Å²) in [5.74, 6) is -1.08. The van der Waals surface area contributed by atoms with Gasteiger partial charge in [-0.1, -0.05) is 89.8 Å². The van der Waals surface area contributed by atoms with Gasteiger partial charge in [0.25, 0.3) is 0 Å². The van der Waals surface area contributed by atoms with Gasteiger partial charge in [0.15, 0.2) is 0 Å². The molecular weight excluding hydrogens is 342 g/mol. The number of carboxylic acid groups (broad SMARTS) is 1. The zero-order chi connectivity index (χ0) is 19.5. The minimum atomic E-state index is -1.08. The van der Waals surface area contributed by atoms with Crippen LogP contribution in [-0.2, 0) is 4.79 Å². The van der Waals surface area contributed by atoms with Crippen molar-refractivity contribution in [3.05, 3.63) is 11.1 Å². The van der Waals surface area contributed by atoms with Gasteiger partial charge in [-0.3, -0.25) is 0 Å². The molecule has 0 radical (unpaired) electrons. The van der Waals surface area contributed by atoms with E-state index in [4.69, 9.17) is 22.6 Å². The van der Waals surface area contributed by atoms with Crippen molar-refractivity contribution in [2.24, 2.45) is 0 Å². The number of unbranched alkanes of at least 4 members (excludes halogenated alkanes) is 13. The van der Waals surface area contributed by atoms with Crippen molar-refractivity contribution < 1.29 is 9.90 Å². The van der Waals surface area contributed by atoms with Crippen molar-refractivity contribution in [3.8, 4) is 6.07 Å². The second-order valence-electron chi connectivity index (χ2n) is 7.05. The Hall–Kier alpha value is -1.21. The standard InChI is InChI=1S/C22H37NO2S/c1-2-20(21(19-23)22(24)25)17-15-13-11-9-7-5-3-4-6-8-10-12-14-16-18-26/h18H,2-17H2,1H3,(H,24,25). The van der Waals surface area contributed by atoms with Crippen LogP contribution in [0.5, 0.6) is 0 Å². The van der Waals surface area contributed by atoms with E-state index in [1.807, 2.05) is 18.4 Å².